The van der Waals surface area contributed by atoms with E-state index in [0.29, 0.717) is 0 Å². The van der Waals surface area contributed by atoms with Crippen molar-refractivity contribution in [2.24, 2.45) is 0 Å². The third kappa shape index (κ3) is 1.57. The van der Waals surface area contributed by atoms with Crippen molar-refractivity contribution in [3.05, 3.63) is 66.1 Å². The summed E-state index contributed by atoms with van der Waals surface area (Å²) in [5.41, 5.74) is 1.07. The van der Waals surface area contributed by atoms with E-state index >= 15 is 0 Å². The van der Waals surface area contributed by atoms with E-state index in [1.54, 1.807) is 10.8 Å². The molecule has 0 radical (unpaired) electrons. The fourth-order valence-electron chi connectivity index (χ4n) is 1.99. The number of para-hydroxylation sites is 1. The predicted molar refractivity (Wildman–Crippen MR) is 63.1 cm³/mol. The number of halogens is 3. The molecule has 4 heteroatoms. The number of nitrogens with zero attached hydrogens (tertiary/aromatic N) is 1. The fourth-order valence-corrected chi connectivity index (χ4v) is 1.99. The number of hydrogen-bond donors (Lipinski definition) is 0. The highest BCUT2D eigenvalue weighted by molar-refractivity contribution is 5.81. The lowest BCUT2D eigenvalue weighted by Crippen LogP contribution is -1.97. The molecule has 0 aliphatic heterocycles. The van der Waals surface area contributed by atoms with E-state index in [9.17, 15) is 13.2 Å². The SMILES string of the molecule is Fc1cc(-n2ccc3ccccc32)cc(F)c1F. The van der Waals surface area contributed by atoms with Gasteiger partial charge in [0.2, 0.25) is 0 Å². The van der Waals surface area contributed by atoms with E-state index in [-0.39, 0.29) is 5.69 Å². The number of rotatable bonds is 1. The molecule has 1 aromatic heterocycles. The summed E-state index contributed by atoms with van der Waals surface area (Å²) in [7, 11) is 0. The quantitative estimate of drug-likeness (QED) is 0.572. The average Bonchev–Trinajstić information content (AvgIpc) is 2.79. The van der Waals surface area contributed by atoms with E-state index < -0.39 is 17.5 Å². The Balaban J connectivity index is 2.26. The van der Waals surface area contributed by atoms with Crippen LogP contribution in [-0.2, 0) is 0 Å². The maximum Gasteiger partial charge on any atom is 0.194 e. The molecule has 3 aromatic rings. The Hall–Kier alpha value is -2.23. The first-order chi connectivity index (χ1) is 8.66. The van der Waals surface area contributed by atoms with Gasteiger partial charge in [0, 0.05) is 18.3 Å². The summed E-state index contributed by atoms with van der Waals surface area (Å²) in [4.78, 5) is 0. The van der Waals surface area contributed by atoms with Crippen molar-refractivity contribution in [2.75, 3.05) is 0 Å². The monoisotopic (exact) mass is 247 g/mol. The van der Waals surface area contributed by atoms with Crippen molar-refractivity contribution in [1.82, 2.24) is 4.57 Å². The molecule has 1 nitrogen and oxygen atoms in total. The highest BCUT2D eigenvalue weighted by Gasteiger charge is 2.12. The first-order valence-corrected chi connectivity index (χ1v) is 5.38. The second-order valence-electron chi connectivity index (χ2n) is 3.97. The van der Waals surface area contributed by atoms with Crippen molar-refractivity contribution in [2.45, 2.75) is 0 Å². The van der Waals surface area contributed by atoms with E-state index in [4.69, 9.17) is 0 Å². The van der Waals surface area contributed by atoms with Gasteiger partial charge in [-0.05, 0) is 17.5 Å². The largest absolute Gasteiger partial charge is 0.316 e. The molecule has 0 amide bonds. The predicted octanol–water partition coefficient (Wildman–Crippen LogP) is 4.05. The summed E-state index contributed by atoms with van der Waals surface area (Å²) in [5.74, 6) is -3.83. The molecule has 0 unspecified atom stereocenters. The van der Waals surface area contributed by atoms with Crippen LogP contribution in [0.25, 0.3) is 16.6 Å². The molecular weight excluding hydrogens is 239 g/mol. The Morgan fingerprint density at radius 3 is 2.22 bits per heavy atom. The van der Waals surface area contributed by atoms with Gasteiger partial charge < -0.3 is 4.57 Å². The molecule has 0 atom stereocenters. The van der Waals surface area contributed by atoms with Crippen molar-refractivity contribution in [3.8, 4) is 5.69 Å². The van der Waals surface area contributed by atoms with Crippen LogP contribution < -0.4 is 0 Å². The summed E-state index contributed by atoms with van der Waals surface area (Å²) in [6.07, 6.45) is 1.69. The average molecular weight is 247 g/mol. The number of benzene rings is 2. The molecular formula is C14H8F3N. The van der Waals surface area contributed by atoms with E-state index in [0.717, 1.165) is 23.0 Å². The zero-order valence-corrected chi connectivity index (χ0v) is 9.20. The van der Waals surface area contributed by atoms with Gasteiger partial charge in [-0.2, -0.15) is 0 Å². The Labute approximate surface area is 101 Å². The van der Waals surface area contributed by atoms with Gasteiger partial charge in [-0.1, -0.05) is 18.2 Å². The lowest BCUT2D eigenvalue weighted by molar-refractivity contribution is 0.446. The van der Waals surface area contributed by atoms with Crippen LogP contribution in [0.5, 0.6) is 0 Å². The Morgan fingerprint density at radius 1 is 0.833 bits per heavy atom. The van der Waals surface area contributed by atoms with E-state index in [1.165, 1.54) is 0 Å². The minimum atomic E-state index is -1.45. The minimum absolute atomic E-state index is 0.257. The molecule has 0 saturated carbocycles. The van der Waals surface area contributed by atoms with Crippen LogP contribution in [0.4, 0.5) is 13.2 Å². The molecule has 0 aliphatic rings. The van der Waals surface area contributed by atoms with Gasteiger partial charge in [-0.25, -0.2) is 13.2 Å². The second-order valence-corrected chi connectivity index (χ2v) is 3.97. The van der Waals surface area contributed by atoms with Gasteiger partial charge in [-0.3, -0.25) is 0 Å². The normalized spacial score (nSPS) is 11.1. The van der Waals surface area contributed by atoms with Crippen molar-refractivity contribution in [1.29, 1.82) is 0 Å². The maximum atomic E-state index is 13.2. The number of aromatic nitrogens is 1. The third-order valence-corrected chi connectivity index (χ3v) is 2.85. The molecule has 90 valence electrons. The fraction of sp³-hybridized carbons (Fsp3) is 0. The summed E-state index contributed by atoms with van der Waals surface area (Å²) < 4.78 is 40.9. The van der Waals surface area contributed by atoms with Gasteiger partial charge >= 0.3 is 0 Å². The van der Waals surface area contributed by atoms with Crippen LogP contribution in [0, 0.1) is 17.5 Å². The highest BCUT2D eigenvalue weighted by Crippen LogP contribution is 2.22. The van der Waals surface area contributed by atoms with Crippen molar-refractivity contribution < 1.29 is 13.2 Å². The third-order valence-electron chi connectivity index (χ3n) is 2.85. The second kappa shape index (κ2) is 3.91. The molecule has 3 rings (SSSR count). The highest BCUT2D eigenvalue weighted by atomic mass is 19.2. The van der Waals surface area contributed by atoms with Gasteiger partial charge in [0.25, 0.3) is 0 Å². The van der Waals surface area contributed by atoms with Crippen molar-refractivity contribution >= 4 is 10.9 Å². The Kier molecular flexibility index (Phi) is 2.37. The topological polar surface area (TPSA) is 4.93 Å². The van der Waals surface area contributed by atoms with Crippen LogP contribution in [0.1, 0.15) is 0 Å². The molecule has 0 spiro atoms. The molecule has 0 fully saturated rings. The molecule has 2 aromatic carbocycles. The van der Waals surface area contributed by atoms with Crippen LogP contribution in [0.2, 0.25) is 0 Å². The van der Waals surface area contributed by atoms with Crippen LogP contribution in [0.15, 0.2) is 48.7 Å². The number of hydrogen-bond acceptors (Lipinski definition) is 0. The van der Waals surface area contributed by atoms with Gasteiger partial charge in [0.15, 0.2) is 17.5 Å². The van der Waals surface area contributed by atoms with E-state index in [2.05, 4.69) is 0 Å². The molecule has 1 heterocycles. The van der Waals surface area contributed by atoms with Crippen LogP contribution in [0.3, 0.4) is 0 Å². The Morgan fingerprint density at radius 2 is 1.50 bits per heavy atom. The van der Waals surface area contributed by atoms with Gasteiger partial charge in [0.1, 0.15) is 0 Å². The maximum absolute atomic E-state index is 13.2. The zero-order valence-electron chi connectivity index (χ0n) is 9.20. The lowest BCUT2D eigenvalue weighted by atomic mass is 10.2. The Bertz CT molecular complexity index is 708. The van der Waals surface area contributed by atoms with Gasteiger partial charge in [-0.15, -0.1) is 0 Å². The van der Waals surface area contributed by atoms with E-state index in [1.807, 2.05) is 30.3 Å². The van der Waals surface area contributed by atoms with Crippen LogP contribution >= 0.6 is 0 Å². The van der Waals surface area contributed by atoms with Crippen molar-refractivity contribution in [3.63, 3.8) is 0 Å². The molecule has 0 bridgehead atoms. The summed E-state index contributed by atoms with van der Waals surface area (Å²) in [6.45, 7) is 0. The summed E-state index contributed by atoms with van der Waals surface area (Å²) in [5, 5.41) is 0.947. The zero-order chi connectivity index (χ0) is 12.7. The summed E-state index contributed by atoms with van der Waals surface area (Å²) >= 11 is 0. The molecule has 0 saturated heterocycles. The van der Waals surface area contributed by atoms with Gasteiger partial charge in [0.05, 0.1) is 11.2 Å². The first kappa shape index (κ1) is 10.9. The summed E-state index contributed by atoms with van der Waals surface area (Å²) in [6, 6.07) is 11.2. The standard InChI is InChI=1S/C14H8F3N/c15-11-7-10(8-12(16)14(11)17)18-6-5-9-3-1-2-4-13(9)18/h1-8H. The first-order valence-electron chi connectivity index (χ1n) is 5.38. The molecule has 0 N–H and O–H groups in total. The van der Waals surface area contributed by atoms with Crippen LogP contribution in [-0.4, -0.2) is 4.57 Å². The molecule has 18 heavy (non-hydrogen) atoms. The minimum Gasteiger partial charge on any atom is -0.316 e. The molecule has 0 aliphatic carbocycles. The lowest BCUT2D eigenvalue weighted by Gasteiger charge is -2.06. The smallest absolute Gasteiger partial charge is 0.194 e. The number of fused-ring (bicyclic) bond motifs is 1.